The van der Waals surface area contributed by atoms with Gasteiger partial charge in [0, 0.05) is 30.6 Å². The van der Waals surface area contributed by atoms with Gasteiger partial charge in [-0.15, -0.1) is 0 Å². The average Bonchev–Trinajstić information content (AvgIpc) is 2.50. The zero-order valence-electron chi connectivity index (χ0n) is 13.6. The number of benzene rings is 1. The third-order valence-corrected chi connectivity index (χ3v) is 5.25. The van der Waals surface area contributed by atoms with Crippen molar-refractivity contribution in [1.82, 2.24) is 9.73 Å². The van der Waals surface area contributed by atoms with Crippen LogP contribution in [0.25, 0.3) is 0 Å². The molecule has 1 amide bonds. The van der Waals surface area contributed by atoms with Crippen molar-refractivity contribution in [2.75, 3.05) is 19.3 Å². The summed E-state index contributed by atoms with van der Waals surface area (Å²) in [6.07, 6.45) is 2.05. The van der Waals surface area contributed by atoms with Crippen molar-refractivity contribution in [3.63, 3.8) is 0 Å². The minimum Gasteiger partial charge on any atom is -0.508 e. The molecule has 0 bridgehead atoms. The quantitative estimate of drug-likeness (QED) is 0.540. The summed E-state index contributed by atoms with van der Waals surface area (Å²) >= 11 is 0. The number of hydrogen-bond acceptors (Lipinski definition) is 6. The van der Waals surface area contributed by atoms with Crippen LogP contribution >= 0.6 is 0 Å². The van der Waals surface area contributed by atoms with Gasteiger partial charge in [-0.1, -0.05) is 0 Å². The Balaban J connectivity index is 1.95. The molecule has 0 atom stereocenters. The van der Waals surface area contributed by atoms with Gasteiger partial charge in [0.2, 0.25) is 15.9 Å². The van der Waals surface area contributed by atoms with Crippen molar-refractivity contribution in [3.05, 3.63) is 23.8 Å². The van der Waals surface area contributed by atoms with Crippen molar-refractivity contribution < 1.29 is 23.4 Å². The number of phenols is 2. The molecule has 0 aliphatic carbocycles. The molecule has 0 saturated carbocycles. The second-order valence-electron chi connectivity index (χ2n) is 5.85. The Morgan fingerprint density at radius 2 is 1.75 bits per heavy atom. The van der Waals surface area contributed by atoms with E-state index >= 15 is 0 Å². The predicted molar refractivity (Wildman–Crippen MR) is 89.3 cm³/mol. The molecule has 24 heavy (non-hydrogen) atoms. The first-order chi connectivity index (χ1) is 11.2. The van der Waals surface area contributed by atoms with Crippen LogP contribution in [0.3, 0.4) is 0 Å². The second-order valence-corrected chi connectivity index (χ2v) is 7.83. The molecule has 1 aromatic carbocycles. The van der Waals surface area contributed by atoms with E-state index in [1.54, 1.807) is 6.92 Å². The number of amides is 1. The largest absolute Gasteiger partial charge is 0.508 e. The number of carbonyl (C=O) groups is 1. The van der Waals surface area contributed by atoms with E-state index < -0.39 is 10.0 Å². The molecule has 0 aromatic heterocycles. The van der Waals surface area contributed by atoms with Crippen LogP contribution in [0.2, 0.25) is 0 Å². The Labute approximate surface area is 140 Å². The molecule has 1 saturated heterocycles. The van der Waals surface area contributed by atoms with E-state index in [1.165, 1.54) is 22.5 Å². The third kappa shape index (κ3) is 4.68. The lowest BCUT2D eigenvalue weighted by Crippen LogP contribution is -2.41. The highest BCUT2D eigenvalue weighted by Crippen LogP contribution is 2.21. The summed E-state index contributed by atoms with van der Waals surface area (Å²) in [7, 11) is -3.22. The fourth-order valence-electron chi connectivity index (χ4n) is 2.55. The standard InChI is InChI=1S/C15H21N3O5S/c1-10(12-7-13(19)9-14(20)8-12)16-17-15(21)11-3-5-18(6-4-11)24(2,22)23/h7-9,11,19-20H,3-6H2,1-2H3,(H,17,21). The maximum atomic E-state index is 12.1. The van der Waals surface area contributed by atoms with Crippen LogP contribution in [0, 0.1) is 5.92 Å². The number of carbonyl (C=O) groups excluding carboxylic acids is 1. The van der Waals surface area contributed by atoms with Gasteiger partial charge < -0.3 is 10.2 Å². The van der Waals surface area contributed by atoms with E-state index in [-0.39, 0.29) is 23.3 Å². The number of sulfonamides is 1. The smallest absolute Gasteiger partial charge is 0.243 e. The molecule has 132 valence electrons. The monoisotopic (exact) mass is 355 g/mol. The van der Waals surface area contributed by atoms with Gasteiger partial charge in [0.15, 0.2) is 0 Å². The molecule has 0 radical (unpaired) electrons. The number of rotatable bonds is 4. The van der Waals surface area contributed by atoms with Crippen LogP contribution in [-0.4, -0.2) is 53.9 Å². The zero-order chi connectivity index (χ0) is 17.9. The normalized spacial score (nSPS) is 17.7. The molecule has 9 heteroatoms. The number of phenolic OH excluding ortho intramolecular Hbond substituents is 2. The molecule has 0 unspecified atom stereocenters. The topological polar surface area (TPSA) is 119 Å². The molecule has 1 aliphatic rings. The average molecular weight is 355 g/mol. The minimum atomic E-state index is -3.22. The van der Waals surface area contributed by atoms with Crippen LogP contribution in [0.1, 0.15) is 25.3 Å². The van der Waals surface area contributed by atoms with E-state index in [0.717, 1.165) is 6.26 Å². The van der Waals surface area contributed by atoms with E-state index in [0.29, 0.717) is 37.2 Å². The lowest BCUT2D eigenvalue weighted by molar-refractivity contribution is -0.126. The van der Waals surface area contributed by atoms with Crippen LogP contribution in [0.5, 0.6) is 11.5 Å². The Hall–Kier alpha value is -2.13. The molecule has 3 N–H and O–H groups in total. The van der Waals surface area contributed by atoms with E-state index in [9.17, 15) is 23.4 Å². The number of hydrazone groups is 1. The highest BCUT2D eigenvalue weighted by Gasteiger charge is 2.28. The lowest BCUT2D eigenvalue weighted by atomic mass is 9.98. The SMILES string of the molecule is CC(=NNC(=O)C1CCN(S(C)(=O)=O)CC1)c1cc(O)cc(O)c1. The summed E-state index contributed by atoms with van der Waals surface area (Å²) in [4.78, 5) is 12.1. The summed E-state index contributed by atoms with van der Waals surface area (Å²) in [5.74, 6) is -0.762. The number of nitrogens with one attached hydrogen (secondary N) is 1. The Kier molecular flexibility index (Phi) is 5.45. The summed E-state index contributed by atoms with van der Waals surface area (Å²) in [6.45, 7) is 2.28. The molecule has 8 nitrogen and oxygen atoms in total. The summed E-state index contributed by atoms with van der Waals surface area (Å²) < 4.78 is 24.3. The summed E-state index contributed by atoms with van der Waals surface area (Å²) in [5, 5.41) is 22.9. The Morgan fingerprint density at radius 3 is 2.25 bits per heavy atom. The molecule has 0 spiro atoms. The maximum Gasteiger partial charge on any atom is 0.243 e. The second kappa shape index (κ2) is 7.18. The highest BCUT2D eigenvalue weighted by atomic mass is 32.2. The van der Waals surface area contributed by atoms with Gasteiger partial charge in [-0.3, -0.25) is 4.79 Å². The van der Waals surface area contributed by atoms with Crippen molar-refractivity contribution >= 4 is 21.6 Å². The third-order valence-electron chi connectivity index (χ3n) is 3.95. The zero-order valence-corrected chi connectivity index (χ0v) is 14.4. The Bertz CT molecular complexity index is 732. The first-order valence-electron chi connectivity index (χ1n) is 7.49. The fourth-order valence-corrected chi connectivity index (χ4v) is 3.42. The van der Waals surface area contributed by atoms with E-state index in [2.05, 4.69) is 10.5 Å². The Morgan fingerprint density at radius 1 is 1.21 bits per heavy atom. The van der Waals surface area contributed by atoms with Gasteiger partial charge in [-0.2, -0.15) is 5.10 Å². The highest BCUT2D eigenvalue weighted by molar-refractivity contribution is 7.88. The van der Waals surface area contributed by atoms with Gasteiger partial charge in [0.1, 0.15) is 11.5 Å². The number of nitrogens with zero attached hydrogens (tertiary/aromatic N) is 2. The number of piperidine rings is 1. The number of aromatic hydroxyl groups is 2. The number of hydrogen-bond donors (Lipinski definition) is 3. The maximum absolute atomic E-state index is 12.1. The molecule has 1 aliphatic heterocycles. The van der Waals surface area contributed by atoms with Crippen LogP contribution in [-0.2, 0) is 14.8 Å². The van der Waals surface area contributed by atoms with Crippen LogP contribution < -0.4 is 5.43 Å². The van der Waals surface area contributed by atoms with E-state index in [4.69, 9.17) is 0 Å². The van der Waals surface area contributed by atoms with Crippen molar-refractivity contribution in [2.24, 2.45) is 11.0 Å². The molecular weight excluding hydrogens is 334 g/mol. The van der Waals surface area contributed by atoms with Crippen LogP contribution in [0.4, 0.5) is 0 Å². The molecule has 1 heterocycles. The first kappa shape index (κ1) is 18.2. The van der Waals surface area contributed by atoms with Gasteiger partial charge in [0.25, 0.3) is 0 Å². The first-order valence-corrected chi connectivity index (χ1v) is 9.34. The minimum absolute atomic E-state index is 0.0981. The summed E-state index contributed by atoms with van der Waals surface area (Å²) in [5.41, 5.74) is 3.38. The van der Waals surface area contributed by atoms with Crippen LogP contribution in [0.15, 0.2) is 23.3 Å². The fraction of sp³-hybridized carbons (Fsp3) is 0.467. The molecule has 2 rings (SSSR count). The lowest BCUT2D eigenvalue weighted by Gasteiger charge is -2.28. The molecule has 1 aromatic rings. The van der Waals surface area contributed by atoms with Crippen molar-refractivity contribution in [3.8, 4) is 11.5 Å². The van der Waals surface area contributed by atoms with Gasteiger partial charge in [0.05, 0.1) is 12.0 Å². The predicted octanol–water partition coefficient (Wildman–Crippen LogP) is 0.610. The van der Waals surface area contributed by atoms with Crippen molar-refractivity contribution in [1.29, 1.82) is 0 Å². The van der Waals surface area contributed by atoms with Gasteiger partial charge >= 0.3 is 0 Å². The molecule has 1 fully saturated rings. The van der Waals surface area contributed by atoms with Crippen molar-refractivity contribution in [2.45, 2.75) is 19.8 Å². The van der Waals surface area contributed by atoms with E-state index in [1.807, 2.05) is 0 Å². The molecular formula is C15H21N3O5S. The van der Waals surface area contributed by atoms with Gasteiger partial charge in [-0.25, -0.2) is 18.1 Å². The summed E-state index contributed by atoms with van der Waals surface area (Å²) in [6, 6.07) is 4.05. The van der Waals surface area contributed by atoms with Gasteiger partial charge in [-0.05, 0) is 31.9 Å².